The molecule has 48 heavy (non-hydrogen) atoms. The highest BCUT2D eigenvalue weighted by atomic mass is 19.1. The number of esters is 2. The van der Waals surface area contributed by atoms with Gasteiger partial charge in [-0.2, -0.15) is 0 Å². The minimum Gasteiger partial charge on any atom is -0.493 e. The summed E-state index contributed by atoms with van der Waals surface area (Å²) in [4.78, 5) is 23.7. The summed E-state index contributed by atoms with van der Waals surface area (Å²) in [7, 11) is 0. The second-order valence-electron chi connectivity index (χ2n) is 10.4. The van der Waals surface area contributed by atoms with Crippen LogP contribution in [0.2, 0.25) is 0 Å². The molecule has 0 unspecified atom stereocenters. The summed E-state index contributed by atoms with van der Waals surface area (Å²) in [6, 6.07) is 12.4. The largest absolute Gasteiger partial charge is 0.493 e. The quantitative estimate of drug-likeness (QED) is 0.0699. The zero-order valence-electron chi connectivity index (χ0n) is 27.6. The van der Waals surface area contributed by atoms with Crippen LogP contribution in [-0.4, -0.2) is 38.4 Å². The van der Waals surface area contributed by atoms with E-state index in [0.717, 1.165) is 11.6 Å². The number of halogens is 2. The Kier molecular flexibility index (Phi) is 14.9. The fraction of sp³-hybridized carbons (Fsp3) is 0.282. The van der Waals surface area contributed by atoms with E-state index < -0.39 is 23.5 Å². The van der Waals surface area contributed by atoms with Crippen molar-refractivity contribution in [3.05, 3.63) is 150 Å². The third-order valence-corrected chi connectivity index (χ3v) is 7.18. The Labute approximate surface area is 281 Å². The van der Waals surface area contributed by atoms with E-state index >= 15 is 0 Å². The SMILES string of the molecule is C=CC(=O)OCCCOc1ccc(C(=O)O/C(C)=C/C=C(\C=C)C2COC(C3=CCC=C(F)C=C3)(c3ccc(F)cc3)OC2)cc1.CC. The van der Waals surface area contributed by atoms with Gasteiger partial charge in [0.25, 0.3) is 0 Å². The van der Waals surface area contributed by atoms with Crippen LogP contribution in [0.5, 0.6) is 5.75 Å². The molecule has 0 atom stereocenters. The van der Waals surface area contributed by atoms with Gasteiger partial charge in [0.15, 0.2) is 0 Å². The maximum absolute atomic E-state index is 13.9. The Morgan fingerprint density at radius 1 is 0.917 bits per heavy atom. The normalized spacial score (nSPS) is 19.4. The van der Waals surface area contributed by atoms with Crippen molar-refractivity contribution in [2.24, 2.45) is 5.92 Å². The second-order valence-corrected chi connectivity index (χ2v) is 10.4. The van der Waals surface area contributed by atoms with Gasteiger partial charge in [0.2, 0.25) is 5.79 Å². The Hall–Kier alpha value is -4.86. The predicted octanol–water partition coefficient (Wildman–Crippen LogP) is 8.78. The summed E-state index contributed by atoms with van der Waals surface area (Å²) in [5, 5.41) is 0. The monoisotopic (exact) mass is 660 g/mol. The van der Waals surface area contributed by atoms with E-state index in [-0.39, 0.29) is 31.6 Å². The van der Waals surface area contributed by atoms with Gasteiger partial charge in [-0.1, -0.05) is 63.4 Å². The second kappa shape index (κ2) is 19.1. The highest BCUT2D eigenvalue weighted by Crippen LogP contribution is 2.42. The maximum Gasteiger partial charge on any atom is 0.343 e. The minimum atomic E-state index is -1.34. The van der Waals surface area contributed by atoms with E-state index in [1.807, 2.05) is 19.9 Å². The molecule has 0 aromatic heterocycles. The molecule has 1 fully saturated rings. The Balaban J connectivity index is 0.00000307. The van der Waals surface area contributed by atoms with Crippen LogP contribution in [0.3, 0.4) is 0 Å². The van der Waals surface area contributed by atoms with Crippen LogP contribution in [0, 0.1) is 11.7 Å². The van der Waals surface area contributed by atoms with Gasteiger partial charge in [-0.3, -0.25) is 0 Å². The molecule has 2 aromatic carbocycles. The van der Waals surface area contributed by atoms with Crippen LogP contribution in [0.1, 0.15) is 49.5 Å². The third-order valence-electron chi connectivity index (χ3n) is 7.18. The number of ether oxygens (including phenoxy) is 5. The molecule has 254 valence electrons. The standard InChI is InChI=1S/C37H36F2O7.C2H6/c1-4-27(11-10-26(3)46-36(41)28-12-20-34(21-13-28)42-22-7-23-43-35(40)5-2)29-24-44-37(45-25-29,31-15-18-33(39)19-16-31)30-8-6-9-32(38)17-14-30;1-2/h4-5,8-21,29H,1-2,6-7,22-25H2,3H3;1-2H3/b26-10+,27-11+;. The zero-order chi connectivity index (χ0) is 34.9. The summed E-state index contributed by atoms with van der Waals surface area (Å²) in [6.07, 6.45) is 13.3. The predicted molar refractivity (Wildman–Crippen MR) is 181 cm³/mol. The van der Waals surface area contributed by atoms with Crippen LogP contribution in [0.15, 0.2) is 133 Å². The molecule has 9 heteroatoms. The molecule has 1 saturated heterocycles. The fourth-order valence-corrected chi connectivity index (χ4v) is 4.73. The molecule has 4 rings (SSSR count). The number of carbonyl (C=O) groups excluding carboxylic acids is 2. The van der Waals surface area contributed by atoms with Crippen molar-refractivity contribution < 1.29 is 42.1 Å². The summed E-state index contributed by atoms with van der Waals surface area (Å²) in [5.74, 6) is -2.40. The van der Waals surface area contributed by atoms with E-state index in [0.29, 0.717) is 47.7 Å². The van der Waals surface area contributed by atoms with E-state index in [4.69, 9.17) is 23.7 Å². The highest BCUT2D eigenvalue weighted by Gasteiger charge is 2.42. The summed E-state index contributed by atoms with van der Waals surface area (Å²) < 4.78 is 56.4. The van der Waals surface area contributed by atoms with E-state index in [1.54, 1.807) is 67.6 Å². The molecule has 0 spiro atoms. The number of hydrogen-bond acceptors (Lipinski definition) is 7. The van der Waals surface area contributed by atoms with Crippen LogP contribution >= 0.6 is 0 Å². The van der Waals surface area contributed by atoms with Crippen molar-refractivity contribution in [3.8, 4) is 5.75 Å². The number of hydrogen-bond donors (Lipinski definition) is 0. The highest BCUT2D eigenvalue weighted by molar-refractivity contribution is 5.90. The van der Waals surface area contributed by atoms with E-state index in [9.17, 15) is 18.4 Å². The summed E-state index contributed by atoms with van der Waals surface area (Å²) in [6.45, 7) is 13.9. The molecule has 0 radical (unpaired) electrons. The molecule has 0 N–H and O–H groups in total. The number of carbonyl (C=O) groups is 2. The van der Waals surface area contributed by atoms with Crippen LogP contribution < -0.4 is 4.74 Å². The third kappa shape index (κ3) is 10.6. The first-order valence-corrected chi connectivity index (χ1v) is 15.8. The molecular weight excluding hydrogens is 618 g/mol. The lowest BCUT2D eigenvalue weighted by molar-refractivity contribution is -0.262. The topological polar surface area (TPSA) is 80.3 Å². The Bertz CT molecular complexity index is 1560. The van der Waals surface area contributed by atoms with Crippen LogP contribution in [-0.2, 0) is 29.5 Å². The van der Waals surface area contributed by atoms with Crippen molar-refractivity contribution in [2.45, 2.75) is 39.4 Å². The molecule has 2 aromatic rings. The molecular formula is C39H42F2O7. The van der Waals surface area contributed by atoms with Crippen LogP contribution in [0.25, 0.3) is 0 Å². The first-order valence-electron chi connectivity index (χ1n) is 15.8. The summed E-state index contributed by atoms with van der Waals surface area (Å²) >= 11 is 0. The lowest BCUT2D eigenvalue weighted by Gasteiger charge is -2.41. The van der Waals surface area contributed by atoms with Crippen LogP contribution in [0.4, 0.5) is 8.78 Å². The van der Waals surface area contributed by atoms with Gasteiger partial charge in [-0.15, -0.1) is 0 Å². The minimum absolute atomic E-state index is 0.211. The van der Waals surface area contributed by atoms with Crippen molar-refractivity contribution in [3.63, 3.8) is 0 Å². The van der Waals surface area contributed by atoms with Gasteiger partial charge in [0.05, 0.1) is 32.0 Å². The first kappa shape index (κ1) is 37.6. The van der Waals surface area contributed by atoms with Crippen molar-refractivity contribution in [2.75, 3.05) is 26.4 Å². The molecule has 0 saturated carbocycles. The van der Waals surface area contributed by atoms with Gasteiger partial charge in [0, 0.05) is 29.6 Å². The number of rotatable bonds is 13. The van der Waals surface area contributed by atoms with Gasteiger partial charge in [-0.25, -0.2) is 18.4 Å². The lowest BCUT2D eigenvalue weighted by atomic mass is 9.92. The average molecular weight is 661 g/mol. The van der Waals surface area contributed by atoms with Crippen molar-refractivity contribution in [1.82, 2.24) is 0 Å². The molecule has 7 nitrogen and oxygen atoms in total. The molecule has 1 heterocycles. The summed E-state index contributed by atoms with van der Waals surface area (Å²) in [5.41, 5.74) is 2.33. The van der Waals surface area contributed by atoms with Gasteiger partial charge in [0.1, 0.15) is 23.2 Å². The van der Waals surface area contributed by atoms with Gasteiger partial charge in [-0.05, 0) is 73.5 Å². The molecule has 0 amide bonds. The van der Waals surface area contributed by atoms with Crippen molar-refractivity contribution in [1.29, 1.82) is 0 Å². The zero-order valence-corrected chi connectivity index (χ0v) is 27.6. The van der Waals surface area contributed by atoms with E-state index in [1.165, 1.54) is 24.3 Å². The van der Waals surface area contributed by atoms with Gasteiger partial charge < -0.3 is 23.7 Å². The average Bonchev–Trinajstić information content (AvgIpc) is 3.34. The number of allylic oxidation sites excluding steroid dienone is 8. The molecule has 0 bridgehead atoms. The fourth-order valence-electron chi connectivity index (χ4n) is 4.73. The molecule has 2 aliphatic rings. The molecule has 1 aliphatic carbocycles. The van der Waals surface area contributed by atoms with Crippen molar-refractivity contribution >= 4 is 11.9 Å². The first-order chi connectivity index (χ1) is 23.2. The molecule has 1 aliphatic heterocycles. The maximum atomic E-state index is 13.9. The van der Waals surface area contributed by atoms with Gasteiger partial charge >= 0.3 is 11.9 Å². The smallest absolute Gasteiger partial charge is 0.343 e. The lowest BCUT2D eigenvalue weighted by Crippen LogP contribution is -2.43. The Morgan fingerprint density at radius 2 is 1.60 bits per heavy atom. The Morgan fingerprint density at radius 3 is 2.25 bits per heavy atom. The van der Waals surface area contributed by atoms with E-state index in [2.05, 4.69) is 13.2 Å². The number of benzene rings is 2.